The van der Waals surface area contributed by atoms with Gasteiger partial charge in [-0.1, -0.05) is 26.2 Å². The first kappa shape index (κ1) is 18.7. The molecule has 2 heterocycles. The van der Waals surface area contributed by atoms with Gasteiger partial charge in [0.05, 0.1) is 17.6 Å². The zero-order valence-corrected chi connectivity index (χ0v) is 15.5. The Morgan fingerprint density at radius 1 is 1.39 bits per heavy atom. The molecule has 23 heavy (non-hydrogen) atoms. The van der Waals surface area contributed by atoms with E-state index in [2.05, 4.69) is 22.1 Å². The summed E-state index contributed by atoms with van der Waals surface area (Å²) in [5.41, 5.74) is 2.68. The van der Waals surface area contributed by atoms with Gasteiger partial charge in [-0.05, 0) is 25.2 Å². The van der Waals surface area contributed by atoms with Crippen LogP contribution in [0.3, 0.4) is 0 Å². The Labute approximate surface area is 149 Å². The van der Waals surface area contributed by atoms with Crippen LogP contribution in [-0.2, 0) is 11.2 Å². The molecule has 1 aromatic rings. The topological polar surface area (TPSA) is 45.2 Å². The van der Waals surface area contributed by atoms with E-state index in [-0.39, 0.29) is 18.3 Å². The maximum Gasteiger partial charge on any atom is 0.226 e. The highest BCUT2D eigenvalue weighted by Gasteiger charge is 2.37. The van der Waals surface area contributed by atoms with Gasteiger partial charge in [-0.2, -0.15) is 0 Å². The predicted octanol–water partition coefficient (Wildman–Crippen LogP) is 3.27. The van der Waals surface area contributed by atoms with Crippen LogP contribution >= 0.6 is 23.7 Å². The summed E-state index contributed by atoms with van der Waals surface area (Å²) in [6.45, 7) is 4.45. The molecule has 1 aromatic heterocycles. The van der Waals surface area contributed by atoms with Crippen molar-refractivity contribution in [3.05, 3.63) is 16.6 Å². The average Bonchev–Trinajstić information content (AvgIpc) is 3.21. The highest BCUT2D eigenvalue weighted by Crippen LogP contribution is 2.30. The first-order chi connectivity index (χ1) is 10.8. The number of hydrogen-bond acceptors (Lipinski definition) is 4. The van der Waals surface area contributed by atoms with Gasteiger partial charge in [-0.25, -0.2) is 4.98 Å². The number of amides is 1. The Hall–Kier alpha value is -0.650. The van der Waals surface area contributed by atoms with Crippen molar-refractivity contribution in [1.29, 1.82) is 0 Å². The van der Waals surface area contributed by atoms with Gasteiger partial charge in [-0.15, -0.1) is 23.7 Å². The monoisotopic (exact) mass is 357 g/mol. The van der Waals surface area contributed by atoms with Crippen molar-refractivity contribution in [2.24, 2.45) is 5.92 Å². The summed E-state index contributed by atoms with van der Waals surface area (Å²) < 4.78 is 0. The molecule has 2 aliphatic rings. The zero-order valence-electron chi connectivity index (χ0n) is 13.9. The van der Waals surface area contributed by atoms with Gasteiger partial charge in [0.15, 0.2) is 0 Å². The number of halogens is 1. The summed E-state index contributed by atoms with van der Waals surface area (Å²) in [4.78, 5) is 19.1. The van der Waals surface area contributed by atoms with Crippen LogP contribution in [0, 0.1) is 5.92 Å². The molecular weight excluding hydrogens is 330 g/mol. The lowest BCUT2D eigenvalue weighted by Crippen LogP contribution is -2.42. The Kier molecular flexibility index (Phi) is 7.31. The van der Waals surface area contributed by atoms with Crippen molar-refractivity contribution < 1.29 is 4.79 Å². The van der Waals surface area contributed by atoms with Gasteiger partial charge >= 0.3 is 0 Å². The molecule has 0 spiro atoms. The smallest absolute Gasteiger partial charge is 0.226 e. The molecule has 6 heteroatoms. The average molecular weight is 358 g/mol. The van der Waals surface area contributed by atoms with E-state index in [1.54, 1.807) is 16.8 Å². The number of rotatable bonds is 6. The number of carbonyl (C=O) groups excluding carboxylic acids is 1. The molecule has 130 valence electrons. The maximum atomic E-state index is 12.3. The second-order valence-electron chi connectivity index (χ2n) is 6.77. The number of hydrogen-bond donors (Lipinski definition) is 1. The van der Waals surface area contributed by atoms with Crippen LogP contribution < -0.4 is 5.32 Å². The van der Waals surface area contributed by atoms with Crippen LogP contribution in [0.5, 0.6) is 0 Å². The van der Waals surface area contributed by atoms with Crippen LogP contribution in [0.1, 0.15) is 51.1 Å². The van der Waals surface area contributed by atoms with Crippen molar-refractivity contribution in [3.63, 3.8) is 0 Å². The fourth-order valence-electron chi connectivity index (χ4n) is 4.05. The Morgan fingerprint density at radius 3 is 2.83 bits per heavy atom. The Bertz CT molecular complexity index is 476. The van der Waals surface area contributed by atoms with Gasteiger partial charge in [-0.3, -0.25) is 9.69 Å². The minimum atomic E-state index is 0. The van der Waals surface area contributed by atoms with Crippen LogP contribution in [-0.4, -0.2) is 41.0 Å². The lowest BCUT2D eigenvalue weighted by molar-refractivity contribution is -0.121. The number of nitrogens with zero attached hydrogens (tertiary/aromatic N) is 2. The predicted molar refractivity (Wildman–Crippen MR) is 97.2 cm³/mol. The standard InChI is InChI=1S/C17H27N3OS.ClH/c1-2-5-13-9-20(15-6-3-4-7-15)10-16(13)19-17(21)8-14-11-22-12-18-14;/h11-13,15-16H,2-10H2,1H3,(H,19,21);1H/t13-,16-;/m0./s1. The third-order valence-electron chi connectivity index (χ3n) is 5.14. The Morgan fingerprint density at radius 2 is 2.17 bits per heavy atom. The van der Waals surface area contributed by atoms with Crippen molar-refractivity contribution >= 4 is 29.7 Å². The largest absolute Gasteiger partial charge is 0.351 e. The minimum Gasteiger partial charge on any atom is -0.351 e. The second-order valence-corrected chi connectivity index (χ2v) is 7.49. The fourth-order valence-corrected chi connectivity index (χ4v) is 4.60. The summed E-state index contributed by atoms with van der Waals surface area (Å²) in [7, 11) is 0. The molecule has 1 saturated heterocycles. The molecule has 1 amide bonds. The number of aromatic nitrogens is 1. The molecule has 1 aliphatic carbocycles. The van der Waals surface area contributed by atoms with Crippen molar-refractivity contribution in [2.75, 3.05) is 13.1 Å². The molecule has 2 fully saturated rings. The lowest BCUT2D eigenvalue weighted by atomic mass is 9.98. The molecule has 0 bridgehead atoms. The van der Waals surface area contributed by atoms with Crippen LogP contribution in [0.4, 0.5) is 0 Å². The second kappa shape index (κ2) is 9.00. The van der Waals surface area contributed by atoms with Gasteiger partial charge in [0.1, 0.15) is 0 Å². The van der Waals surface area contributed by atoms with E-state index in [0.717, 1.165) is 18.3 Å². The van der Waals surface area contributed by atoms with Crippen LogP contribution in [0.25, 0.3) is 0 Å². The minimum absolute atomic E-state index is 0. The molecule has 2 atom stereocenters. The van der Waals surface area contributed by atoms with E-state index in [1.165, 1.54) is 45.1 Å². The van der Waals surface area contributed by atoms with E-state index in [0.29, 0.717) is 18.4 Å². The van der Waals surface area contributed by atoms with E-state index in [9.17, 15) is 4.79 Å². The maximum absolute atomic E-state index is 12.3. The van der Waals surface area contributed by atoms with Crippen molar-refractivity contribution in [2.45, 2.75) is 64.0 Å². The third kappa shape index (κ3) is 4.91. The zero-order chi connectivity index (χ0) is 15.4. The first-order valence-corrected chi connectivity index (χ1v) is 9.61. The lowest BCUT2D eigenvalue weighted by Gasteiger charge is -2.23. The number of thiazole rings is 1. The van der Waals surface area contributed by atoms with E-state index >= 15 is 0 Å². The summed E-state index contributed by atoms with van der Waals surface area (Å²) in [6, 6.07) is 1.09. The van der Waals surface area contributed by atoms with Gasteiger partial charge < -0.3 is 5.32 Å². The highest BCUT2D eigenvalue weighted by molar-refractivity contribution is 7.07. The van der Waals surface area contributed by atoms with E-state index in [4.69, 9.17) is 0 Å². The van der Waals surface area contributed by atoms with Crippen molar-refractivity contribution in [3.8, 4) is 0 Å². The summed E-state index contributed by atoms with van der Waals surface area (Å²) >= 11 is 1.55. The van der Waals surface area contributed by atoms with Gasteiger partial charge in [0.2, 0.25) is 5.91 Å². The van der Waals surface area contributed by atoms with Gasteiger partial charge in [0.25, 0.3) is 0 Å². The molecule has 1 aliphatic heterocycles. The van der Waals surface area contributed by atoms with Gasteiger partial charge in [0, 0.05) is 30.6 Å². The number of nitrogens with one attached hydrogen (secondary N) is 1. The normalized spacial score (nSPS) is 25.4. The first-order valence-electron chi connectivity index (χ1n) is 8.66. The molecule has 1 saturated carbocycles. The number of likely N-dealkylation sites (tertiary alicyclic amines) is 1. The van der Waals surface area contributed by atoms with Crippen LogP contribution in [0.15, 0.2) is 10.9 Å². The van der Waals surface area contributed by atoms with Crippen LogP contribution in [0.2, 0.25) is 0 Å². The molecule has 4 nitrogen and oxygen atoms in total. The molecule has 1 N–H and O–H groups in total. The van der Waals surface area contributed by atoms with E-state index in [1.807, 2.05) is 5.38 Å². The summed E-state index contributed by atoms with van der Waals surface area (Å²) in [5.74, 6) is 0.746. The van der Waals surface area contributed by atoms with Crippen molar-refractivity contribution in [1.82, 2.24) is 15.2 Å². The summed E-state index contributed by atoms with van der Waals surface area (Å²) in [6.07, 6.45) is 8.27. The molecule has 0 radical (unpaired) electrons. The quantitative estimate of drug-likeness (QED) is 0.849. The molecule has 0 aromatic carbocycles. The highest BCUT2D eigenvalue weighted by atomic mass is 35.5. The van der Waals surface area contributed by atoms with E-state index < -0.39 is 0 Å². The Balaban J connectivity index is 0.00000192. The molecule has 0 unspecified atom stereocenters. The number of carbonyl (C=O) groups is 1. The molecular formula is C17H28ClN3OS. The summed E-state index contributed by atoms with van der Waals surface area (Å²) in [5, 5.41) is 5.25. The third-order valence-corrected chi connectivity index (χ3v) is 5.78. The fraction of sp³-hybridized carbons (Fsp3) is 0.765. The molecule has 3 rings (SSSR count). The SMILES string of the molecule is CCC[C@H]1CN(C2CCCC2)C[C@@H]1NC(=O)Cc1cscn1.Cl.